The van der Waals surface area contributed by atoms with Gasteiger partial charge in [0.1, 0.15) is 5.76 Å². The van der Waals surface area contributed by atoms with Crippen LogP contribution in [0.25, 0.3) is 11.5 Å². The minimum absolute atomic E-state index is 0.0233. The minimum Gasteiger partial charge on any atom is -0.469 e. The molecule has 2 aromatic rings. The summed E-state index contributed by atoms with van der Waals surface area (Å²) in [5.74, 6) is 2.32. The third kappa shape index (κ3) is 4.08. The summed E-state index contributed by atoms with van der Waals surface area (Å²) in [7, 11) is 0. The second-order valence-electron chi connectivity index (χ2n) is 6.91. The Labute approximate surface area is 152 Å². The number of aryl methyl sites for hydroxylation is 1. The van der Waals surface area contributed by atoms with E-state index in [0.29, 0.717) is 22.9 Å². The molecule has 4 atom stereocenters. The van der Waals surface area contributed by atoms with Gasteiger partial charge in [0.15, 0.2) is 0 Å². The maximum absolute atomic E-state index is 12.5. The Morgan fingerprint density at radius 1 is 1.36 bits per heavy atom. The number of furan rings is 1. The molecule has 1 N–H and O–H groups in total. The fraction of sp³-hybridized carbons (Fsp3) is 0.611. The van der Waals surface area contributed by atoms with Crippen molar-refractivity contribution in [3.05, 3.63) is 18.1 Å². The highest BCUT2D eigenvalue weighted by molar-refractivity contribution is 8.00. The van der Waals surface area contributed by atoms with Gasteiger partial charge in [-0.05, 0) is 38.2 Å². The van der Waals surface area contributed by atoms with Gasteiger partial charge in [0.2, 0.25) is 5.91 Å². The Bertz CT molecular complexity index is 727. The fourth-order valence-electron chi connectivity index (χ4n) is 3.26. The highest BCUT2D eigenvalue weighted by Gasteiger charge is 2.30. The molecule has 0 unspecified atom stereocenters. The largest absolute Gasteiger partial charge is 0.469 e. The van der Waals surface area contributed by atoms with Gasteiger partial charge in [-0.15, -0.1) is 10.2 Å². The molecule has 1 amide bonds. The van der Waals surface area contributed by atoms with Crippen LogP contribution in [0.1, 0.15) is 45.8 Å². The molecule has 1 fully saturated rings. The van der Waals surface area contributed by atoms with Gasteiger partial charge in [-0.25, -0.2) is 0 Å². The molecule has 136 valence electrons. The van der Waals surface area contributed by atoms with Gasteiger partial charge in [0, 0.05) is 6.04 Å². The van der Waals surface area contributed by atoms with Crippen LogP contribution in [0.3, 0.4) is 0 Å². The molecule has 6 nitrogen and oxygen atoms in total. The van der Waals surface area contributed by atoms with Crippen molar-refractivity contribution in [1.29, 1.82) is 0 Å². The van der Waals surface area contributed by atoms with Crippen LogP contribution in [-0.2, 0) is 4.79 Å². The number of thioether (sulfide) groups is 1. The van der Waals surface area contributed by atoms with E-state index in [4.69, 9.17) is 8.83 Å². The number of rotatable bonds is 5. The molecule has 0 saturated heterocycles. The smallest absolute Gasteiger partial charge is 0.277 e. The van der Waals surface area contributed by atoms with E-state index in [0.717, 1.165) is 17.7 Å². The Hall–Kier alpha value is -1.76. The van der Waals surface area contributed by atoms with Gasteiger partial charge < -0.3 is 14.2 Å². The summed E-state index contributed by atoms with van der Waals surface area (Å²) >= 11 is 1.28. The summed E-state index contributed by atoms with van der Waals surface area (Å²) in [6.45, 7) is 8.20. The van der Waals surface area contributed by atoms with E-state index in [9.17, 15) is 4.79 Å². The molecule has 2 heterocycles. The Morgan fingerprint density at radius 2 is 2.16 bits per heavy atom. The first kappa shape index (κ1) is 18.0. The first-order valence-electron chi connectivity index (χ1n) is 8.80. The molecule has 0 bridgehead atoms. The van der Waals surface area contributed by atoms with Crippen LogP contribution in [0, 0.1) is 18.8 Å². The summed E-state index contributed by atoms with van der Waals surface area (Å²) in [6.07, 6.45) is 5.06. The van der Waals surface area contributed by atoms with Crippen LogP contribution < -0.4 is 5.32 Å². The van der Waals surface area contributed by atoms with Crippen LogP contribution >= 0.6 is 11.8 Å². The Kier molecular flexibility index (Phi) is 5.51. The summed E-state index contributed by atoms with van der Waals surface area (Å²) in [5.41, 5.74) is 0.779. The number of aromatic nitrogens is 2. The number of hydrogen-bond donors (Lipinski definition) is 1. The molecule has 0 aliphatic heterocycles. The van der Waals surface area contributed by atoms with Gasteiger partial charge in [-0.3, -0.25) is 4.79 Å². The zero-order valence-electron chi connectivity index (χ0n) is 15.1. The molecule has 1 aliphatic carbocycles. The summed E-state index contributed by atoms with van der Waals surface area (Å²) in [6, 6.07) is 2.05. The maximum atomic E-state index is 12.5. The SMILES string of the molecule is Cc1occc1-c1nnc(S[C@H](C)C(=O)N[C@@H]2CCC[C@H](C)[C@H]2C)o1. The van der Waals surface area contributed by atoms with Crippen LogP contribution in [0.5, 0.6) is 0 Å². The van der Waals surface area contributed by atoms with Crippen LogP contribution in [-0.4, -0.2) is 27.4 Å². The molecule has 0 spiro atoms. The van der Waals surface area contributed by atoms with Crippen LogP contribution in [0.4, 0.5) is 0 Å². The lowest BCUT2D eigenvalue weighted by Gasteiger charge is -2.35. The zero-order chi connectivity index (χ0) is 18.0. The van der Waals surface area contributed by atoms with Crippen LogP contribution in [0.15, 0.2) is 26.4 Å². The predicted molar refractivity (Wildman–Crippen MR) is 96.2 cm³/mol. The Morgan fingerprint density at radius 3 is 2.88 bits per heavy atom. The van der Waals surface area contributed by atoms with Gasteiger partial charge in [-0.2, -0.15) is 0 Å². The number of carbonyl (C=O) groups is 1. The number of amides is 1. The third-order valence-electron chi connectivity index (χ3n) is 5.18. The standard InChI is InChI=1S/C18H25N3O3S/c1-10-6-5-7-15(11(10)2)19-16(22)13(4)25-18-21-20-17(24-18)14-8-9-23-12(14)3/h8-11,13,15H,5-7H2,1-4H3,(H,19,22)/t10-,11+,13+,15+/m0/s1. The molecule has 1 aliphatic rings. The van der Waals surface area contributed by atoms with Crippen molar-refractivity contribution >= 4 is 17.7 Å². The van der Waals surface area contributed by atoms with Crippen molar-refractivity contribution in [3.63, 3.8) is 0 Å². The van der Waals surface area contributed by atoms with Crippen molar-refractivity contribution in [2.75, 3.05) is 0 Å². The molecule has 0 aromatic carbocycles. The highest BCUT2D eigenvalue weighted by Crippen LogP contribution is 2.31. The molecule has 3 rings (SSSR count). The Balaban J connectivity index is 1.58. The molecule has 2 aromatic heterocycles. The van der Waals surface area contributed by atoms with Crippen molar-refractivity contribution in [2.24, 2.45) is 11.8 Å². The van der Waals surface area contributed by atoms with Gasteiger partial charge in [-0.1, -0.05) is 38.5 Å². The normalized spacial score (nSPS) is 24.9. The first-order chi connectivity index (χ1) is 12.0. The highest BCUT2D eigenvalue weighted by atomic mass is 32.2. The van der Waals surface area contributed by atoms with E-state index in [1.54, 1.807) is 12.3 Å². The van der Waals surface area contributed by atoms with E-state index in [-0.39, 0.29) is 17.2 Å². The average Bonchev–Trinajstić information content (AvgIpc) is 3.20. The third-order valence-corrected chi connectivity index (χ3v) is 6.11. The summed E-state index contributed by atoms with van der Waals surface area (Å²) in [4.78, 5) is 12.5. The van der Waals surface area contributed by atoms with E-state index in [2.05, 4.69) is 29.4 Å². The van der Waals surface area contributed by atoms with Gasteiger partial charge >= 0.3 is 0 Å². The lowest BCUT2D eigenvalue weighted by Crippen LogP contribution is -2.46. The number of nitrogens with one attached hydrogen (secondary N) is 1. The second-order valence-corrected chi connectivity index (χ2v) is 8.20. The van der Waals surface area contributed by atoms with Crippen molar-refractivity contribution < 1.29 is 13.6 Å². The molecule has 25 heavy (non-hydrogen) atoms. The first-order valence-corrected chi connectivity index (χ1v) is 9.68. The summed E-state index contributed by atoms with van der Waals surface area (Å²) < 4.78 is 10.9. The maximum Gasteiger partial charge on any atom is 0.277 e. The quantitative estimate of drug-likeness (QED) is 0.807. The van der Waals surface area contributed by atoms with E-state index in [1.165, 1.54) is 24.6 Å². The van der Waals surface area contributed by atoms with E-state index >= 15 is 0 Å². The van der Waals surface area contributed by atoms with Crippen molar-refractivity contribution in [1.82, 2.24) is 15.5 Å². The zero-order valence-corrected chi connectivity index (χ0v) is 15.9. The number of hydrogen-bond acceptors (Lipinski definition) is 6. The van der Waals surface area contributed by atoms with Crippen molar-refractivity contribution in [2.45, 2.75) is 63.5 Å². The topological polar surface area (TPSA) is 81.2 Å². The van der Waals surface area contributed by atoms with Crippen molar-refractivity contribution in [3.8, 4) is 11.5 Å². The monoisotopic (exact) mass is 363 g/mol. The number of carbonyl (C=O) groups excluding carboxylic acids is 1. The minimum atomic E-state index is -0.289. The lowest BCUT2D eigenvalue weighted by molar-refractivity contribution is -0.121. The second kappa shape index (κ2) is 7.64. The molecule has 0 radical (unpaired) electrons. The van der Waals surface area contributed by atoms with Crippen LogP contribution in [0.2, 0.25) is 0 Å². The lowest BCUT2D eigenvalue weighted by atomic mass is 9.78. The fourth-order valence-corrected chi connectivity index (χ4v) is 3.96. The van der Waals surface area contributed by atoms with Gasteiger partial charge in [0.05, 0.1) is 17.1 Å². The predicted octanol–water partition coefficient (Wildman–Crippen LogP) is 4.06. The molecular formula is C18H25N3O3S. The molecular weight excluding hydrogens is 338 g/mol. The molecule has 1 saturated carbocycles. The average molecular weight is 363 g/mol. The molecule has 7 heteroatoms. The van der Waals surface area contributed by atoms with E-state index in [1.807, 2.05) is 13.8 Å². The van der Waals surface area contributed by atoms with E-state index < -0.39 is 0 Å². The number of nitrogens with zero attached hydrogens (tertiary/aromatic N) is 2. The van der Waals surface area contributed by atoms with Gasteiger partial charge in [0.25, 0.3) is 11.1 Å². The summed E-state index contributed by atoms with van der Waals surface area (Å²) in [5, 5.41) is 11.4.